The number of morpholine rings is 1. The van der Waals surface area contributed by atoms with Crippen molar-refractivity contribution in [3.63, 3.8) is 0 Å². The average molecular weight is 394 g/mol. The zero-order valence-corrected chi connectivity index (χ0v) is 17.1. The summed E-state index contributed by atoms with van der Waals surface area (Å²) in [5.41, 5.74) is 3.66. The third-order valence-electron chi connectivity index (χ3n) is 5.94. The van der Waals surface area contributed by atoms with Gasteiger partial charge >= 0.3 is 6.03 Å². The number of aryl methyl sites for hydroxylation is 1. The Morgan fingerprint density at radius 1 is 1.03 bits per heavy atom. The Kier molecular flexibility index (Phi) is 6.47. The first-order valence-corrected chi connectivity index (χ1v) is 10.7. The monoisotopic (exact) mass is 393 g/mol. The Bertz CT molecular complexity index is 784. The van der Waals surface area contributed by atoms with Crippen LogP contribution in [0.3, 0.4) is 0 Å². The van der Waals surface area contributed by atoms with Crippen LogP contribution < -0.4 is 10.6 Å². The van der Waals surface area contributed by atoms with Crippen molar-refractivity contribution in [2.45, 2.75) is 31.8 Å². The third-order valence-corrected chi connectivity index (χ3v) is 5.94. The molecule has 1 aliphatic heterocycles. The number of nitrogens with one attached hydrogen (secondary N) is 2. The van der Waals surface area contributed by atoms with Gasteiger partial charge in [0.1, 0.15) is 0 Å². The predicted molar refractivity (Wildman–Crippen MR) is 115 cm³/mol. The minimum atomic E-state index is -0.0864. The van der Waals surface area contributed by atoms with Crippen LogP contribution in [-0.2, 0) is 4.74 Å². The molecule has 1 saturated carbocycles. The molecule has 2 N–H and O–H groups in total. The Labute approximate surface area is 173 Å². The van der Waals surface area contributed by atoms with E-state index in [2.05, 4.69) is 71.0 Å². The summed E-state index contributed by atoms with van der Waals surface area (Å²) in [4.78, 5) is 15.2. The highest BCUT2D eigenvalue weighted by atomic mass is 16.5. The van der Waals surface area contributed by atoms with Crippen molar-refractivity contribution in [1.29, 1.82) is 0 Å². The molecule has 0 spiro atoms. The molecule has 2 aromatic rings. The molecule has 1 aliphatic carbocycles. The molecule has 154 valence electrons. The van der Waals surface area contributed by atoms with Gasteiger partial charge in [-0.1, -0.05) is 60.2 Å². The summed E-state index contributed by atoms with van der Waals surface area (Å²) in [5, 5.41) is 6.37. The summed E-state index contributed by atoms with van der Waals surface area (Å²) in [7, 11) is 0. The first kappa shape index (κ1) is 19.9. The number of amides is 2. The lowest BCUT2D eigenvalue weighted by molar-refractivity contribution is 0.0167. The zero-order valence-electron chi connectivity index (χ0n) is 17.1. The summed E-state index contributed by atoms with van der Waals surface area (Å²) >= 11 is 0. The van der Waals surface area contributed by atoms with Crippen LogP contribution in [0.1, 0.15) is 41.6 Å². The van der Waals surface area contributed by atoms with Gasteiger partial charge in [-0.2, -0.15) is 0 Å². The van der Waals surface area contributed by atoms with Crippen molar-refractivity contribution in [1.82, 2.24) is 15.5 Å². The fourth-order valence-corrected chi connectivity index (χ4v) is 4.08. The van der Waals surface area contributed by atoms with Crippen LogP contribution in [0.2, 0.25) is 0 Å². The van der Waals surface area contributed by atoms with Gasteiger partial charge in [0.2, 0.25) is 0 Å². The second kappa shape index (κ2) is 9.42. The summed E-state index contributed by atoms with van der Waals surface area (Å²) in [6.07, 6.45) is 2.36. The van der Waals surface area contributed by atoms with Gasteiger partial charge in [-0.3, -0.25) is 4.90 Å². The van der Waals surface area contributed by atoms with E-state index in [1.165, 1.54) is 29.5 Å². The molecule has 2 fully saturated rings. The van der Waals surface area contributed by atoms with Gasteiger partial charge in [-0.25, -0.2) is 4.79 Å². The van der Waals surface area contributed by atoms with Crippen LogP contribution in [0.15, 0.2) is 54.6 Å². The largest absolute Gasteiger partial charge is 0.379 e. The minimum absolute atomic E-state index is 0.0864. The van der Waals surface area contributed by atoms with E-state index in [0.717, 1.165) is 26.3 Å². The van der Waals surface area contributed by atoms with Crippen LogP contribution in [0, 0.1) is 12.8 Å². The van der Waals surface area contributed by atoms with Crippen molar-refractivity contribution in [3.05, 3.63) is 71.3 Å². The number of rotatable bonds is 7. The summed E-state index contributed by atoms with van der Waals surface area (Å²) < 4.78 is 5.51. The average Bonchev–Trinajstić information content (AvgIpc) is 3.60. The van der Waals surface area contributed by atoms with E-state index in [9.17, 15) is 4.79 Å². The number of nitrogens with zero attached hydrogens (tertiary/aromatic N) is 1. The molecule has 2 atom stereocenters. The van der Waals surface area contributed by atoms with Crippen LogP contribution in [-0.4, -0.2) is 43.8 Å². The number of urea groups is 1. The molecule has 2 aliphatic rings. The van der Waals surface area contributed by atoms with E-state index in [4.69, 9.17) is 4.74 Å². The lowest BCUT2D eigenvalue weighted by Crippen LogP contribution is -2.46. The van der Waals surface area contributed by atoms with Crippen LogP contribution >= 0.6 is 0 Å². The highest BCUT2D eigenvalue weighted by molar-refractivity contribution is 5.74. The van der Waals surface area contributed by atoms with Crippen LogP contribution in [0.4, 0.5) is 4.79 Å². The molecule has 0 aromatic heterocycles. The molecule has 2 amide bonds. The van der Waals surface area contributed by atoms with Gasteiger partial charge in [0.25, 0.3) is 0 Å². The van der Waals surface area contributed by atoms with E-state index in [-0.39, 0.29) is 18.1 Å². The topological polar surface area (TPSA) is 53.6 Å². The molecular formula is C24H31N3O2. The Morgan fingerprint density at radius 2 is 1.72 bits per heavy atom. The predicted octanol–water partition coefficient (Wildman–Crippen LogP) is 3.82. The molecule has 29 heavy (non-hydrogen) atoms. The molecule has 0 radical (unpaired) electrons. The lowest BCUT2D eigenvalue weighted by Gasteiger charge is -2.35. The van der Waals surface area contributed by atoms with E-state index in [1.807, 2.05) is 6.07 Å². The number of ether oxygens (including phenoxy) is 1. The second-order valence-electron chi connectivity index (χ2n) is 8.15. The molecule has 2 aromatic carbocycles. The van der Waals surface area contributed by atoms with Gasteiger partial charge < -0.3 is 15.4 Å². The molecule has 5 nitrogen and oxygen atoms in total. The van der Waals surface area contributed by atoms with Gasteiger partial charge in [-0.05, 0) is 36.8 Å². The Morgan fingerprint density at radius 3 is 2.38 bits per heavy atom. The first-order chi connectivity index (χ1) is 14.2. The van der Waals surface area contributed by atoms with E-state index < -0.39 is 0 Å². The van der Waals surface area contributed by atoms with Crippen molar-refractivity contribution in [2.24, 2.45) is 5.92 Å². The van der Waals surface area contributed by atoms with Crippen LogP contribution in [0.25, 0.3) is 0 Å². The Hall–Kier alpha value is -2.37. The van der Waals surface area contributed by atoms with Crippen molar-refractivity contribution in [2.75, 3.05) is 32.8 Å². The maximum absolute atomic E-state index is 12.8. The SMILES string of the molecule is Cc1ccc(C(NC(=O)NCC(c2ccccc2)N2CCOCC2)C2CC2)cc1. The van der Waals surface area contributed by atoms with Gasteiger partial charge in [-0.15, -0.1) is 0 Å². The molecule has 0 bridgehead atoms. The van der Waals surface area contributed by atoms with Crippen LogP contribution in [0.5, 0.6) is 0 Å². The fraction of sp³-hybridized carbons (Fsp3) is 0.458. The number of carbonyl (C=O) groups is 1. The highest BCUT2D eigenvalue weighted by Gasteiger charge is 2.33. The van der Waals surface area contributed by atoms with Gasteiger partial charge in [0.15, 0.2) is 0 Å². The summed E-state index contributed by atoms with van der Waals surface area (Å²) in [6.45, 7) is 5.93. The number of hydrogen-bond acceptors (Lipinski definition) is 3. The molecular weight excluding hydrogens is 362 g/mol. The van der Waals surface area contributed by atoms with E-state index >= 15 is 0 Å². The maximum atomic E-state index is 12.8. The molecule has 1 heterocycles. The second-order valence-corrected chi connectivity index (χ2v) is 8.15. The number of hydrogen-bond donors (Lipinski definition) is 2. The maximum Gasteiger partial charge on any atom is 0.315 e. The quantitative estimate of drug-likeness (QED) is 0.752. The van der Waals surface area contributed by atoms with Gasteiger partial charge in [0.05, 0.1) is 25.3 Å². The Balaban J connectivity index is 1.40. The summed E-state index contributed by atoms with van der Waals surface area (Å²) in [6, 6.07) is 19.1. The van der Waals surface area contributed by atoms with Crippen molar-refractivity contribution >= 4 is 6.03 Å². The molecule has 2 unspecified atom stereocenters. The standard InChI is InChI=1S/C24H31N3O2/c1-18-7-9-20(10-8-18)23(21-11-12-21)26-24(28)25-17-22(19-5-3-2-4-6-19)27-13-15-29-16-14-27/h2-10,21-23H,11-17H2,1H3,(H2,25,26,28). The highest BCUT2D eigenvalue weighted by Crippen LogP contribution is 2.41. The lowest BCUT2D eigenvalue weighted by atomic mass is 10.0. The minimum Gasteiger partial charge on any atom is -0.379 e. The van der Waals surface area contributed by atoms with Crippen molar-refractivity contribution in [3.8, 4) is 0 Å². The normalized spacial score (nSPS) is 19.3. The first-order valence-electron chi connectivity index (χ1n) is 10.7. The number of carbonyl (C=O) groups excluding carboxylic acids is 1. The van der Waals surface area contributed by atoms with Gasteiger partial charge in [0, 0.05) is 19.6 Å². The molecule has 5 heteroatoms. The summed E-state index contributed by atoms with van der Waals surface area (Å²) in [5.74, 6) is 0.549. The number of benzene rings is 2. The van der Waals surface area contributed by atoms with E-state index in [0.29, 0.717) is 12.5 Å². The van der Waals surface area contributed by atoms with Crippen molar-refractivity contribution < 1.29 is 9.53 Å². The fourth-order valence-electron chi connectivity index (χ4n) is 4.08. The third kappa shape index (κ3) is 5.37. The molecule has 4 rings (SSSR count). The molecule has 1 saturated heterocycles. The van der Waals surface area contributed by atoms with E-state index in [1.54, 1.807) is 0 Å². The zero-order chi connectivity index (χ0) is 20.1. The smallest absolute Gasteiger partial charge is 0.315 e.